The molecule has 2 heterocycles. The number of quaternary nitrogens is 1. The van der Waals surface area contributed by atoms with E-state index in [0.717, 1.165) is 18.4 Å². The molecule has 11 nitrogen and oxygen atoms in total. The van der Waals surface area contributed by atoms with Gasteiger partial charge in [-0.15, -0.1) is 0 Å². The molecule has 2 N–H and O–H groups in total. The lowest BCUT2D eigenvalue weighted by atomic mass is 10.2. The number of carbonyl (C=O) groups is 1. The van der Waals surface area contributed by atoms with Crippen LogP contribution < -0.4 is 21.1 Å². The number of nitrogens with zero attached hydrogens (tertiary/aromatic N) is 6. The number of rotatable bonds is 9. The van der Waals surface area contributed by atoms with Crippen LogP contribution in [0.1, 0.15) is 18.4 Å². The highest BCUT2D eigenvalue weighted by Crippen LogP contribution is 2.31. The van der Waals surface area contributed by atoms with Crippen LogP contribution in [0.2, 0.25) is 0 Å². The SMILES string of the molecule is Cc1cc(Oc2ccccc2)ccc1-n1c(=O)n(-c2cccc(N(C)C(=O)/C=C/C[N+](C)([O-])C3CC3)c2)c2ncnc(N)c21. The molecule has 1 saturated carbocycles. The van der Waals surface area contributed by atoms with Gasteiger partial charge in [0.2, 0.25) is 0 Å². The highest BCUT2D eigenvalue weighted by molar-refractivity contribution is 6.01. The third-order valence-electron chi connectivity index (χ3n) is 7.89. The van der Waals surface area contributed by atoms with Crippen LogP contribution in [-0.2, 0) is 4.79 Å². The number of nitrogens with two attached hydrogens (primary N) is 1. The van der Waals surface area contributed by atoms with Crippen molar-refractivity contribution in [2.24, 2.45) is 0 Å². The van der Waals surface area contributed by atoms with Crippen LogP contribution in [0.15, 0.2) is 96.1 Å². The molecule has 224 valence electrons. The lowest BCUT2D eigenvalue weighted by Crippen LogP contribution is -2.40. The Morgan fingerprint density at radius 3 is 2.57 bits per heavy atom. The maximum absolute atomic E-state index is 14.1. The van der Waals surface area contributed by atoms with Gasteiger partial charge in [0, 0.05) is 31.7 Å². The number of benzene rings is 3. The molecule has 0 aliphatic heterocycles. The smallest absolute Gasteiger partial charge is 0.339 e. The third kappa shape index (κ3) is 5.58. The number of hydrogen-bond acceptors (Lipinski definition) is 7. The Morgan fingerprint density at radius 2 is 1.84 bits per heavy atom. The number of anilines is 2. The number of carbonyl (C=O) groups excluding carboxylic acids is 1. The van der Waals surface area contributed by atoms with Gasteiger partial charge in [-0.2, -0.15) is 0 Å². The predicted octanol–water partition coefficient (Wildman–Crippen LogP) is 4.88. The maximum atomic E-state index is 14.1. The zero-order valence-corrected chi connectivity index (χ0v) is 24.8. The van der Waals surface area contributed by atoms with E-state index in [-0.39, 0.29) is 29.0 Å². The highest BCUT2D eigenvalue weighted by atomic mass is 16.5. The molecule has 1 aliphatic carbocycles. The molecule has 0 spiro atoms. The number of hydrogen-bond donors (Lipinski definition) is 1. The monoisotopic (exact) mass is 591 g/mol. The standard InChI is InChI=1S/C33H33N7O4/c1-22-19-27(44-26-11-5-4-6-12-26)16-17-28(22)39-30-31(34)35-21-36-32(30)38(33(39)42)24-10-7-9-23(20-24)37(2)29(41)13-8-18-40(3,43)25-14-15-25/h4-13,16-17,19-21,25H,14-15,18H2,1-3H3,(H2,34,35,36)/b13-8+. The van der Waals surface area contributed by atoms with Gasteiger partial charge < -0.3 is 25.2 Å². The van der Waals surface area contributed by atoms with Crippen molar-refractivity contribution in [1.29, 1.82) is 0 Å². The fraction of sp³-hybridized carbons (Fsp3) is 0.212. The van der Waals surface area contributed by atoms with E-state index in [2.05, 4.69) is 9.97 Å². The Kier molecular flexibility index (Phi) is 7.50. The van der Waals surface area contributed by atoms with Crippen molar-refractivity contribution in [3.8, 4) is 22.9 Å². The summed E-state index contributed by atoms with van der Waals surface area (Å²) in [4.78, 5) is 37.1. The van der Waals surface area contributed by atoms with Gasteiger partial charge in [0.05, 0.1) is 31.0 Å². The van der Waals surface area contributed by atoms with E-state index >= 15 is 0 Å². The minimum Gasteiger partial charge on any atom is -0.633 e. The van der Waals surface area contributed by atoms with Crippen molar-refractivity contribution >= 4 is 28.6 Å². The van der Waals surface area contributed by atoms with Crippen LogP contribution >= 0.6 is 0 Å². The third-order valence-corrected chi connectivity index (χ3v) is 7.89. The van der Waals surface area contributed by atoms with Gasteiger partial charge in [-0.25, -0.2) is 19.3 Å². The van der Waals surface area contributed by atoms with E-state index < -0.39 is 5.69 Å². The first-order valence-corrected chi connectivity index (χ1v) is 14.3. The summed E-state index contributed by atoms with van der Waals surface area (Å²) in [5, 5.41) is 12.6. The highest BCUT2D eigenvalue weighted by Gasteiger charge is 2.34. The molecular formula is C33H33N7O4. The van der Waals surface area contributed by atoms with Gasteiger partial charge in [-0.1, -0.05) is 24.3 Å². The topological polar surface area (TPSA) is 131 Å². The number of nitrogen functional groups attached to an aromatic ring is 1. The zero-order chi connectivity index (χ0) is 31.0. The number of ether oxygens (including phenoxy) is 1. The molecule has 1 amide bonds. The summed E-state index contributed by atoms with van der Waals surface area (Å²) in [6, 6.07) is 22.0. The van der Waals surface area contributed by atoms with E-state index in [1.807, 2.05) is 43.3 Å². The van der Waals surface area contributed by atoms with Crippen molar-refractivity contribution < 1.29 is 14.2 Å². The predicted molar refractivity (Wildman–Crippen MR) is 170 cm³/mol. The average molecular weight is 592 g/mol. The van der Waals surface area contributed by atoms with E-state index in [1.54, 1.807) is 56.6 Å². The lowest BCUT2D eigenvalue weighted by Gasteiger charge is -2.38. The van der Waals surface area contributed by atoms with Gasteiger partial charge in [-0.3, -0.25) is 9.36 Å². The molecule has 5 aromatic rings. The summed E-state index contributed by atoms with van der Waals surface area (Å²) in [6.45, 7) is 2.12. The van der Waals surface area contributed by atoms with E-state index in [4.69, 9.17) is 10.5 Å². The number of fused-ring (bicyclic) bond motifs is 1. The van der Waals surface area contributed by atoms with Crippen LogP contribution in [0.25, 0.3) is 22.5 Å². The van der Waals surface area contributed by atoms with E-state index in [0.29, 0.717) is 39.7 Å². The van der Waals surface area contributed by atoms with Crippen molar-refractivity contribution in [2.45, 2.75) is 25.8 Å². The quantitative estimate of drug-likeness (QED) is 0.147. The number of para-hydroxylation sites is 1. The fourth-order valence-corrected chi connectivity index (χ4v) is 5.28. The number of likely N-dealkylation sites (N-methyl/N-ethyl adjacent to an activating group) is 2. The molecule has 1 aliphatic rings. The van der Waals surface area contributed by atoms with Crippen molar-refractivity contribution in [3.05, 3.63) is 113 Å². The Bertz CT molecular complexity index is 1940. The fourth-order valence-electron chi connectivity index (χ4n) is 5.28. The zero-order valence-electron chi connectivity index (χ0n) is 24.8. The largest absolute Gasteiger partial charge is 0.633 e. The van der Waals surface area contributed by atoms with Gasteiger partial charge >= 0.3 is 5.69 Å². The first-order chi connectivity index (χ1) is 21.1. The Balaban J connectivity index is 1.35. The molecule has 0 saturated heterocycles. The molecule has 1 atom stereocenters. The molecule has 11 heteroatoms. The van der Waals surface area contributed by atoms with E-state index in [9.17, 15) is 14.8 Å². The molecule has 0 bridgehead atoms. The Hall–Kier alpha value is -5.26. The Morgan fingerprint density at radius 1 is 1.07 bits per heavy atom. The first kappa shape index (κ1) is 28.8. The molecular weight excluding hydrogens is 558 g/mol. The molecule has 6 rings (SSSR count). The normalized spacial score (nSPS) is 14.5. The summed E-state index contributed by atoms with van der Waals surface area (Å²) in [5.74, 6) is 1.19. The van der Waals surface area contributed by atoms with Crippen molar-refractivity contribution in [3.63, 3.8) is 0 Å². The summed E-state index contributed by atoms with van der Waals surface area (Å²) in [5.41, 5.74) is 9.05. The number of hydroxylamine groups is 3. The summed E-state index contributed by atoms with van der Waals surface area (Å²) >= 11 is 0. The van der Waals surface area contributed by atoms with Crippen LogP contribution in [0.4, 0.5) is 11.5 Å². The van der Waals surface area contributed by atoms with Crippen LogP contribution in [-0.4, -0.2) is 56.3 Å². The second-order valence-corrected chi connectivity index (χ2v) is 11.2. The summed E-state index contributed by atoms with van der Waals surface area (Å²) < 4.78 is 8.56. The summed E-state index contributed by atoms with van der Waals surface area (Å²) in [6.07, 6.45) is 6.21. The van der Waals surface area contributed by atoms with Crippen LogP contribution in [0, 0.1) is 12.1 Å². The van der Waals surface area contributed by atoms with Gasteiger partial charge in [0.15, 0.2) is 11.5 Å². The van der Waals surface area contributed by atoms with Crippen molar-refractivity contribution in [1.82, 2.24) is 19.1 Å². The first-order valence-electron chi connectivity index (χ1n) is 14.3. The van der Waals surface area contributed by atoms with Gasteiger partial charge in [0.1, 0.15) is 23.3 Å². The lowest BCUT2D eigenvalue weighted by molar-refractivity contribution is -0.865. The van der Waals surface area contributed by atoms with E-state index in [1.165, 1.54) is 26.4 Å². The number of aromatic nitrogens is 4. The molecule has 44 heavy (non-hydrogen) atoms. The molecule has 1 fully saturated rings. The van der Waals surface area contributed by atoms with Gasteiger partial charge in [0.25, 0.3) is 5.91 Å². The molecule has 1 unspecified atom stereocenters. The molecule has 3 aromatic carbocycles. The second-order valence-electron chi connectivity index (χ2n) is 11.2. The van der Waals surface area contributed by atoms with Crippen LogP contribution in [0.3, 0.4) is 0 Å². The average Bonchev–Trinajstić information content (AvgIpc) is 3.83. The maximum Gasteiger partial charge on any atom is 0.339 e. The number of aryl methyl sites for hydroxylation is 1. The Labute approximate surface area is 254 Å². The second kappa shape index (κ2) is 11.4. The molecule has 0 radical (unpaired) electrons. The van der Waals surface area contributed by atoms with Crippen LogP contribution in [0.5, 0.6) is 11.5 Å². The molecule has 2 aromatic heterocycles. The minimum absolute atomic E-state index is 0.117. The van der Waals surface area contributed by atoms with Crippen molar-refractivity contribution in [2.75, 3.05) is 31.3 Å². The van der Waals surface area contributed by atoms with Gasteiger partial charge in [-0.05, 0) is 67.1 Å². The minimum atomic E-state index is -0.398. The number of imidazole rings is 1. The summed E-state index contributed by atoms with van der Waals surface area (Å²) in [7, 11) is 3.28. The number of amides is 1.